The molecular formula is C40H62N6O4. The highest BCUT2D eigenvalue weighted by molar-refractivity contribution is 5.70. The molecule has 4 rings (SSSR count). The van der Waals surface area contributed by atoms with Crippen LogP contribution < -0.4 is 20.9 Å². The number of unbranched alkanes of at least 4 members (excludes halogenated alkanes) is 2. The van der Waals surface area contributed by atoms with Crippen molar-refractivity contribution in [2.75, 3.05) is 26.3 Å². The third-order valence-corrected chi connectivity index (χ3v) is 9.32. The van der Waals surface area contributed by atoms with Crippen LogP contribution in [0.15, 0.2) is 48.8 Å². The van der Waals surface area contributed by atoms with Crippen molar-refractivity contribution in [3.05, 3.63) is 59.9 Å². The van der Waals surface area contributed by atoms with Crippen LogP contribution in [-0.4, -0.2) is 56.1 Å². The maximum atomic E-state index is 10.4. The number of phenols is 2. The predicted molar refractivity (Wildman–Crippen MR) is 204 cm³/mol. The molecule has 10 nitrogen and oxygen atoms in total. The molecule has 0 atom stereocenters. The van der Waals surface area contributed by atoms with Gasteiger partial charge in [-0.2, -0.15) is 10.2 Å². The summed E-state index contributed by atoms with van der Waals surface area (Å²) in [5.74, 6) is 1.96. The molecule has 276 valence electrons. The Morgan fingerprint density at radius 1 is 0.720 bits per heavy atom. The minimum atomic E-state index is 0.192. The number of aromatic nitrogens is 4. The largest absolute Gasteiger partial charge is 0.507 e. The van der Waals surface area contributed by atoms with E-state index in [0.717, 1.165) is 96.5 Å². The van der Waals surface area contributed by atoms with E-state index in [9.17, 15) is 10.2 Å². The molecule has 2 aromatic heterocycles. The number of nitrogens with zero attached hydrogens (tertiary/aromatic N) is 4. The second kappa shape index (κ2) is 18.8. The van der Waals surface area contributed by atoms with E-state index in [1.54, 1.807) is 27.7 Å². The topological polar surface area (TPSA) is 147 Å². The zero-order chi connectivity index (χ0) is 36.9. The van der Waals surface area contributed by atoms with Gasteiger partial charge in [-0.3, -0.25) is 9.36 Å². The molecule has 0 saturated heterocycles. The van der Waals surface area contributed by atoms with Gasteiger partial charge >= 0.3 is 0 Å². The number of hydrogen-bond donors (Lipinski definition) is 4. The number of aryl methyl sites for hydroxylation is 4. The van der Waals surface area contributed by atoms with Crippen molar-refractivity contribution in [1.82, 2.24) is 19.6 Å². The highest BCUT2D eigenvalue weighted by atomic mass is 16.5. The Morgan fingerprint density at radius 2 is 1.22 bits per heavy atom. The SMILES string of the molecule is CCc1cc(-c2ccn(C)n2)c(O)cc1OCCCCC(C)(C)CN.CCc1cc(-c2ccnn2C)c(O)cc1OCCCCC(C)(C)CN. The fourth-order valence-corrected chi connectivity index (χ4v) is 5.64. The second-order valence-electron chi connectivity index (χ2n) is 14.7. The van der Waals surface area contributed by atoms with Crippen LogP contribution in [0.5, 0.6) is 23.0 Å². The zero-order valence-electron chi connectivity index (χ0n) is 31.8. The molecule has 0 spiro atoms. The predicted octanol–water partition coefficient (Wildman–Crippen LogP) is 7.78. The number of ether oxygens (including phenoxy) is 2. The zero-order valence-corrected chi connectivity index (χ0v) is 31.8. The summed E-state index contributed by atoms with van der Waals surface area (Å²) in [7, 11) is 3.73. The molecule has 0 fully saturated rings. The number of nitrogens with two attached hydrogens (primary N) is 2. The molecule has 4 aromatic rings. The summed E-state index contributed by atoms with van der Waals surface area (Å²) in [6, 6.07) is 11.2. The Hall–Kier alpha value is -4.02. The number of phenolic OH excluding ortho intramolecular Hbond substituents is 2. The summed E-state index contributed by atoms with van der Waals surface area (Å²) < 4.78 is 15.4. The molecule has 50 heavy (non-hydrogen) atoms. The lowest BCUT2D eigenvalue weighted by Crippen LogP contribution is -2.23. The van der Waals surface area contributed by atoms with Crippen LogP contribution >= 0.6 is 0 Å². The van der Waals surface area contributed by atoms with Gasteiger partial charge in [-0.05, 0) is 111 Å². The lowest BCUT2D eigenvalue weighted by Gasteiger charge is -2.22. The van der Waals surface area contributed by atoms with Gasteiger partial charge in [0.1, 0.15) is 23.0 Å². The summed E-state index contributed by atoms with van der Waals surface area (Å²) in [6.07, 6.45) is 11.6. The summed E-state index contributed by atoms with van der Waals surface area (Å²) in [5, 5.41) is 29.3. The van der Waals surface area contributed by atoms with Crippen molar-refractivity contribution in [2.24, 2.45) is 36.4 Å². The summed E-state index contributed by atoms with van der Waals surface area (Å²) in [5.41, 5.74) is 17.3. The van der Waals surface area contributed by atoms with E-state index in [1.807, 2.05) is 44.6 Å². The minimum absolute atomic E-state index is 0.192. The molecule has 0 aliphatic heterocycles. The van der Waals surface area contributed by atoms with Gasteiger partial charge < -0.3 is 31.2 Å². The lowest BCUT2D eigenvalue weighted by atomic mass is 9.87. The first-order chi connectivity index (χ1) is 23.7. The van der Waals surface area contributed by atoms with Gasteiger partial charge in [0.05, 0.1) is 24.6 Å². The van der Waals surface area contributed by atoms with Crippen LogP contribution in [0, 0.1) is 10.8 Å². The Balaban J connectivity index is 0.000000270. The molecule has 0 unspecified atom stereocenters. The van der Waals surface area contributed by atoms with Gasteiger partial charge in [0.2, 0.25) is 0 Å². The highest BCUT2D eigenvalue weighted by Gasteiger charge is 2.17. The Bertz CT molecular complexity index is 1620. The third-order valence-electron chi connectivity index (χ3n) is 9.32. The lowest BCUT2D eigenvalue weighted by molar-refractivity contribution is 0.276. The average Bonchev–Trinajstić information content (AvgIpc) is 3.72. The summed E-state index contributed by atoms with van der Waals surface area (Å²) in [6.45, 7) is 15.7. The van der Waals surface area contributed by atoms with Crippen molar-refractivity contribution < 1.29 is 19.7 Å². The van der Waals surface area contributed by atoms with Gasteiger partial charge in [0, 0.05) is 49.7 Å². The number of benzene rings is 2. The molecule has 0 aliphatic rings. The van der Waals surface area contributed by atoms with E-state index in [1.165, 1.54) is 0 Å². The molecule has 6 N–H and O–H groups in total. The van der Waals surface area contributed by atoms with Crippen LogP contribution in [-0.2, 0) is 26.9 Å². The summed E-state index contributed by atoms with van der Waals surface area (Å²) >= 11 is 0. The van der Waals surface area contributed by atoms with E-state index in [-0.39, 0.29) is 22.3 Å². The standard InChI is InChI=1S/2C20H31N3O2/c1-5-15-12-16(17-8-10-23(4)22-17)18(24)13-19(15)25-11-7-6-9-20(2,3)14-21;1-5-15-12-16(17-8-10-22-23(17)4)18(24)13-19(15)25-11-7-6-9-20(2,3)14-21/h2*8,10,12-13,24H,5-7,9,11,14,21H2,1-4H3. The van der Waals surface area contributed by atoms with Gasteiger partial charge in [-0.15, -0.1) is 0 Å². The molecule has 10 heteroatoms. The molecule has 0 bridgehead atoms. The normalized spacial score (nSPS) is 11.7. The number of aromatic hydroxyl groups is 2. The van der Waals surface area contributed by atoms with E-state index >= 15 is 0 Å². The van der Waals surface area contributed by atoms with Crippen molar-refractivity contribution >= 4 is 0 Å². The molecule has 0 saturated carbocycles. The van der Waals surface area contributed by atoms with Gasteiger partial charge in [0.25, 0.3) is 0 Å². The first-order valence-corrected chi connectivity index (χ1v) is 18.1. The van der Waals surface area contributed by atoms with E-state index in [0.29, 0.717) is 26.3 Å². The van der Waals surface area contributed by atoms with Gasteiger partial charge in [0.15, 0.2) is 0 Å². The van der Waals surface area contributed by atoms with Crippen LogP contribution in [0.4, 0.5) is 0 Å². The molecular weight excluding hydrogens is 628 g/mol. The molecule has 0 amide bonds. The fraction of sp³-hybridized carbons (Fsp3) is 0.550. The van der Waals surface area contributed by atoms with Crippen molar-refractivity contribution in [2.45, 2.75) is 92.9 Å². The maximum Gasteiger partial charge on any atom is 0.128 e. The van der Waals surface area contributed by atoms with Crippen molar-refractivity contribution in [3.63, 3.8) is 0 Å². The average molecular weight is 691 g/mol. The Labute approximate surface area is 299 Å². The summed E-state index contributed by atoms with van der Waals surface area (Å²) in [4.78, 5) is 0. The first kappa shape index (κ1) is 40.4. The minimum Gasteiger partial charge on any atom is -0.507 e. The molecule has 2 heterocycles. The van der Waals surface area contributed by atoms with Gasteiger partial charge in [-0.1, -0.05) is 41.5 Å². The molecule has 0 radical (unpaired) electrons. The van der Waals surface area contributed by atoms with E-state index in [4.69, 9.17) is 20.9 Å². The van der Waals surface area contributed by atoms with E-state index < -0.39 is 0 Å². The number of rotatable bonds is 18. The maximum absolute atomic E-state index is 10.4. The fourth-order valence-electron chi connectivity index (χ4n) is 5.64. The van der Waals surface area contributed by atoms with Gasteiger partial charge in [-0.25, -0.2) is 0 Å². The quantitative estimate of drug-likeness (QED) is 0.0775. The smallest absolute Gasteiger partial charge is 0.128 e. The van der Waals surface area contributed by atoms with Crippen LogP contribution in [0.3, 0.4) is 0 Å². The Kier molecular flexibility index (Phi) is 15.2. The molecule has 2 aromatic carbocycles. The third kappa shape index (κ3) is 11.8. The first-order valence-electron chi connectivity index (χ1n) is 18.1. The van der Waals surface area contributed by atoms with Crippen LogP contribution in [0.1, 0.15) is 91.2 Å². The number of hydrogen-bond acceptors (Lipinski definition) is 8. The van der Waals surface area contributed by atoms with E-state index in [2.05, 4.69) is 51.7 Å². The molecule has 0 aliphatic carbocycles. The van der Waals surface area contributed by atoms with Crippen LogP contribution in [0.2, 0.25) is 0 Å². The van der Waals surface area contributed by atoms with Crippen molar-refractivity contribution in [1.29, 1.82) is 0 Å². The monoisotopic (exact) mass is 690 g/mol. The van der Waals surface area contributed by atoms with Crippen LogP contribution in [0.25, 0.3) is 22.5 Å². The highest BCUT2D eigenvalue weighted by Crippen LogP contribution is 2.37. The Morgan fingerprint density at radius 3 is 1.64 bits per heavy atom. The van der Waals surface area contributed by atoms with Crippen molar-refractivity contribution in [3.8, 4) is 45.5 Å². The second-order valence-corrected chi connectivity index (χ2v) is 14.7.